The van der Waals surface area contributed by atoms with Crippen LogP contribution in [0, 0.1) is 0 Å². The lowest BCUT2D eigenvalue weighted by molar-refractivity contribution is 0.0363. The van der Waals surface area contributed by atoms with E-state index in [1.165, 1.54) is 12.8 Å². The van der Waals surface area contributed by atoms with E-state index in [2.05, 4.69) is 61.7 Å². The Balaban J connectivity index is 2.03. The Morgan fingerprint density at radius 2 is 0.827 bits per heavy atom. The number of cyclic esters (lactones) is 4. The van der Waals surface area contributed by atoms with Crippen molar-refractivity contribution in [3.63, 3.8) is 0 Å². The number of benzene rings is 2. The number of esters is 4. The molecule has 0 saturated heterocycles. The fourth-order valence-corrected chi connectivity index (χ4v) is 7.65. The lowest BCUT2D eigenvalue weighted by Gasteiger charge is -2.30. The molecule has 6 nitrogen and oxygen atoms in total. The predicted octanol–water partition coefficient (Wildman–Crippen LogP) is 11.7. The van der Waals surface area contributed by atoms with Gasteiger partial charge in [0.15, 0.2) is 0 Å². The molecule has 0 aromatic heterocycles. The Labute approximate surface area is 309 Å². The number of hydrogen-bond acceptors (Lipinski definition) is 6. The van der Waals surface area contributed by atoms with Crippen molar-refractivity contribution in [2.75, 3.05) is 0 Å². The van der Waals surface area contributed by atoms with Gasteiger partial charge in [0.25, 0.3) is 0 Å². The van der Waals surface area contributed by atoms with Crippen molar-refractivity contribution in [3.05, 3.63) is 85.5 Å². The summed E-state index contributed by atoms with van der Waals surface area (Å²) in [7, 11) is 0. The number of carbonyl (C=O) groups is 4. The minimum absolute atomic E-state index is 0.174. The molecule has 4 rings (SSSR count). The summed E-state index contributed by atoms with van der Waals surface area (Å²) >= 11 is 0. The molecule has 52 heavy (non-hydrogen) atoms. The standard InChI is InChI=1S/C46H54O6/c1-5-9-13-17-21-25-29-33-34(30-26-22-18-14-10-6-2)38-42-40(46(50)52-44(38)48)36(32-28-24-20-16-12-8-4)35(31-27-23-19-15-11-7-3)39-41(42)37(33)43(47)51-45(39)49/h29H,1,6-8,10-12,14-16,18-20,22-24,26-28,30-32H2,2-4H3. The Morgan fingerprint density at radius 1 is 0.462 bits per heavy atom. The van der Waals surface area contributed by atoms with Crippen LogP contribution in [0.2, 0.25) is 0 Å². The predicted molar refractivity (Wildman–Crippen MR) is 206 cm³/mol. The first-order chi connectivity index (χ1) is 25.4. The molecule has 0 radical (unpaired) electrons. The molecule has 0 atom stereocenters. The monoisotopic (exact) mass is 702 g/mol. The summed E-state index contributed by atoms with van der Waals surface area (Å²) in [6.45, 7) is 10.0. The van der Waals surface area contributed by atoms with Gasteiger partial charge >= 0.3 is 23.9 Å². The Bertz CT molecular complexity index is 1910. The van der Waals surface area contributed by atoms with Gasteiger partial charge in [0.05, 0.1) is 22.3 Å². The van der Waals surface area contributed by atoms with E-state index in [4.69, 9.17) is 9.47 Å². The zero-order chi connectivity index (χ0) is 37.3. The van der Waals surface area contributed by atoms with E-state index in [0.29, 0.717) is 52.3 Å². The highest BCUT2D eigenvalue weighted by atomic mass is 16.6. The first-order valence-electron chi connectivity index (χ1n) is 19.7. The molecule has 0 bridgehead atoms. The van der Waals surface area contributed by atoms with Gasteiger partial charge in [-0.25, -0.2) is 19.2 Å². The van der Waals surface area contributed by atoms with E-state index in [1.807, 2.05) is 0 Å². The molecule has 0 amide bonds. The van der Waals surface area contributed by atoms with Crippen LogP contribution < -0.4 is 0 Å². The summed E-state index contributed by atoms with van der Waals surface area (Å²) in [5.41, 5.74) is 19.5. The number of hydrogen-bond donors (Lipinski definition) is 0. The molecule has 0 N–H and O–H groups in total. The van der Waals surface area contributed by atoms with Gasteiger partial charge in [-0.15, -0.1) is 0 Å². The van der Waals surface area contributed by atoms with Crippen LogP contribution >= 0.6 is 0 Å². The SMILES string of the molecule is C=C=C=C=C=C=C=Cc1c(CCCCCCCC)c2c3c(c(CCCCCCCC)c(CCCCCCCC)c4c3c1C(=O)OC4=O)C(=O)OC2=O. The topological polar surface area (TPSA) is 86.7 Å². The van der Waals surface area contributed by atoms with Gasteiger partial charge in [0.2, 0.25) is 0 Å². The molecule has 2 aliphatic heterocycles. The highest BCUT2D eigenvalue weighted by Crippen LogP contribution is 2.45. The van der Waals surface area contributed by atoms with E-state index in [-0.39, 0.29) is 11.1 Å². The molecule has 0 aliphatic carbocycles. The molecule has 6 heteroatoms. The highest BCUT2D eigenvalue weighted by molar-refractivity contribution is 6.31. The third kappa shape index (κ3) is 9.83. The molecule has 2 aromatic carbocycles. The number of carbonyl (C=O) groups excluding carboxylic acids is 4. The molecule has 2 aromatic rings. The summed E-state index contributed by atoms with van der Waals surface area (Å²) in [4.78, 5) is 55.6. The average molecular weight is 703 g/mol. The van der Waals surface area contributed by atoms with E-state index >= 15 is 0 Å². The van der Waals surface area contributed by atoms with Crippen LogP contribution in [-0.4, -0.2) is 23.9 Å². The summed E-state index contributed by atoms with van der Waals surface area (Å²) in [5.74, 6) is -3.01. The van der Waals surface area contributed by atoms with Crippen LogP contribution in [0.4, 0.5) is 0 Å². The molecule has 0 unspecified atom stereocenters. The van der Waals surface area contributed by atoms with Gasteiger partial charge in [-0.3, -0.25) is 0 Å². The van der Waals surface area contributed by atoms with Gasteiger partial charge in [0, 0.05) is 16.3 Å². The van der Waals surface area contributed by atoms with Gasteiger partial charge in [0.1, 0.15) is 0 Å². The molecule has 0 fully saturated rings. The maximum Gasteiger partial charge on any atom is 0.347 e. The van der Waals surface area contributed by atoms with Gasteiger partial charge in [-0.2, -0.15) is 0 Å². The summed E-state index contributed by atoms with van der Waals surface area (Å²) in [6.07, 6.45) is 22.0. The van der Waals surface area contributed by atoms with Gasteiger partial charge in [-0.1, -0.05) is 129 Å². The van der Waals surface area contributed by atoms with E-state index in [0.717, 1.165) is 114 Å². The van der Waals surface area contributed by atoms with Crippen LogP contribution in [0.15, 0.2) is 41.0 Å². The zero-order valence-corrected chi connectivity index (χ0v) is 31.6. The van der Waals surface area contributed by atoms with Crippen molar-refractivity contribution in [1.29, 1.82) is 0 Å². The summed E-state index contributed by atoms with van der Waals surface area (Å²) in [5, 5.41) is 0.679. The second-order valence-electron chi connectivity index (χ2n) is 14.0. The average Bonchev–Trinajstić information content (AvgIpc) is 3.12. The molecule has 0 saturated carbocycles. The van der Waals surface area contributed by atoms with Crippen LogP contribution in [0.25, 0.3) is 16.8 Å². The van der Waals surface area contributed by atoms with Crippen LogP contribution in [0.5, 0.6) is 0 Å². The summed E-state index contributed by atoms with van der Waals surface area (Å²) in [6, 6.07) is 0. The molecule has 274 valence electrons. The van der Waals surface area contributed by atoms with Gasteiger partial charge in [-0.05, 0) is 90.8 Å². The van der Waals surface area contributed by atoms with E-state index < -0.39 is 23.9 Å². The molecular weight excluding hydrogens is 649 g/mol. The Kier molecular flexibility index (Phi) is 16.3. The smallest absolute Gasteiger partial charge is 0.347 e. The molecule has 2 aliphatic rings. The highest BCUT2D eigenvalue weighted by Gasteiger charge is 2.42. The van der Waals surface area contributed by atoms with Gasteiger partial charge < -0.3 is 9.47 Å². The van der Waals surface area contributed by atoms with E-state index in [1.54, 1.807) is 6.08 Å². The number of unbranched alkanes of at least 4 members (excludes halogenated alkanes) is 15. The second-order valence-corrected chi connectivity index (χ2v) is 14.0. The zero-order valence-electron chi connectivity index (χ0n) is 31.6. The first kappa shape index (κ1) is 40.2. The third-order valence-electron chi connectivity index (χ3n) is 10.2. The van der Waals surface area contributed by atoms with Crippen molar-refractivity contribution in [2.24, 2.45) is 0 Å². The summed E-state index contributed by atoms with van der Waals surface area (Å²) < 4.78 is 11.1. The quantitative estimate of drug-likeness (QED) is 0.0525. The minimum atomic E-state index is -0.804. The van der Waals surface area contributed by atoms with Crippen LogP contribution in [0.1, 0.15) is 200 Å². The second kappa shape index (κ2) is 21.1. The fraction of sp³-hybridized carbons (Fsp3) is 0.522. The lowest BCUT2D eigenvalue weighted by Crippen LogP contribution is -2.30. The molecule has 2 heterocycles. The van der Waals surface area contributed by atoms with Crippen molar-refractivity contribution in [3.8, 4) is 0 Å². The first-order valence-corrected chi connectivity index (χ1v) is 19.7. The van der Waals surface area contributed by atoms with Crippen molar-refractivity contribution >= 4 is 40.7 Å². The molecule has 0 spiro atoms. The maximum absolute atomic E-state index is 13.9. The normalized spacial score (nSPS) is 12.7. The fourth-order valence-electron chi connectivity index (χ4n) is 7.65. The van der Waals surface area contributed by atoms with Crippen LogP contribution in [0.3, 0.4) is 0 Å². The number of ether oxygens (including phenoxy) is 2. The van der Waals surface area contributed by atoms with Crippen molar-refractivity contribution < 1.29 is 28.7 Å². The minimum Gasteiger partial charge on any atom is -0.386 e. The van der Waals surface area contributed by atoms with Crippen molar-refractivity contribution in [2.45, 2.75) is 156 Å². The van der Waals surface area contributed by atoms with Crippen LogP contribution in [-0.2, 0) is 28.7 Å². The number of rotatable bonds is 22. The largest absolute Gasteiger partial charge is 0.386 e. The van der Waals surface area contributed by atoms with E-state index in [9.17, 15) is 19.2 Å². The lowest BCUT2D eigenvalue weighted by atomic mass is 9.76. The Hall–Kier alpha value is -4.60. The molecular formula is C46H54O6. The third-order valence-corrected chi connectivity index (χ3v) is 10.2. The maximum atomic E-state index is 13.9. The van der Waals surface area contributed by atoms with Crippen molar-refractivity contribution in [1.82, 2.24) is 0 Å². The Morgan fingerprint density at radius 3 is 1.29 bits per heavy atom.